The first-order valence-corrected chi connectivity index (χ1v) is 9.46. The van der Waals surface area contributed by atoms with Gasteiger partial charge in [0, 0.05) is 6.54 Å². The number of hydrogen-bond donors (Lipinski definition) is 1. The van der Waals surface area contributed by atoms with Gasteiger partial charge in [-0.05, 0) is 50.6 Å². The number of halogens is 1. The SMILES string of the molecule is Cc1ccc(C(CNC(=O)COc2ccccc2Cl)N2CCCC2)cc1. The van der Waals surface area contributed by atoms with Crippen LogP contribution in [0.15, 0.2) is 48.5 Å². The fourth-order valence-electron chi connectivity index (χ4n) is 3.27. The first-order chi connectivity index (χ1) is 12.6. The van der Waals surface area contributed by atoms with Gasteiger partial charge in [0.25, 0.3) is 5.91 Å². The maximum atomic E-state index is 12.2. The second-order valence-corrected chi connectivity index (χ2v) is 7.10. The highest BCUT2D eigenvalue weighted by Gasteiger charge is 2.24. The topological polar surface area (TPSA) is 41.6 Å². The van der Waals surface area contributed by atoms with Crippen molar-refractivity contribution < 1.29 is 9.53 Å². The Labute approximate surface area is 160 Å². The number of hydrogen-bond acceptors (Lipinski definition) is 3. The smallest absolute Gasteiger partial charge is 0.258 e. The van der Waals surface area contributed by atoms with Crippen molar-refractivity contribution in [1.29, 1.82) is 0 Å². The van der Waals surface area contributed by atoms with E-state index in [1.165, 1.54) is 24.0 Å². The van der Waals surface area contributed by atoms with E-state index in [1.807, 2.05) is 12.1 Å². The van der Waals surface area contributed by atoms with Gasteiger partial charge in [0.2, 0.25) is 0 Å². The summed E-state index contributed by atoms with van der Waals surface area (Å²) in [4.78, 5) is 14.7. The summed E-state index contributed by atoms with van der Waals surface area (Å²) < 4.78 is 5.52. The summed E-state index contributed by atoms with van der Waals surface area (Å²) in [6.07, 6.45) is 2.43. The van der Waals surface area contributed by atoms with Crippen LogP contribution in [0.5, 0.6) is 5.75 Å². The summed E-state index contributed by atoms with van der Waals surface area (Å²) in [6.45, 7) is 4.77. The lowest BCUT2D eigenvalue weighted by Gasteiger charge is -2.28. The lowest BCUT2D eigenvalue weighted by atomic mass is 10.0. The minimum Gasteiger partial charge on any atom is -0.482 e. The molecule has 3 rings (SSSR count). The maximum absolute atomic E-state index is 12.2. The van der Waals surface area contributed by atoms with Gasteiger partial charge in [0.15, 0.2) is 6.61 Å². The van der Waals surface area contributed by atoms with Crippen LogP contribution in [0.4, 0.5) is 0 Å². The highest BCUT2D eigenvalue weighted by atomic mass is 35.5. The summed E-state index contributed by atoms with van der Waals surface area (Å²) in [5, 5.41) is 3.52. The average Bonchev–Trinajstić information content (AvgIpc) is 3.17. The molecule has 1 fully saturated rings. The van der Waals surface area contributed by atoms with E-state index < -0.39 is 0 Å². The first kappa shape index (κ1) is 18.7. The van der Waals surface area contributed by atoms with Crippen LogP contribution in [0.25, 0.3) is 0 Å². The standard InChI is InChI=1S/C21H25ClN2O2/c1-16-8-10-17(11-9-16)19(24-12-4-5-13-24)14-23-21(25)15-26-20-7-3-2-6-18(20)22/h2-3,6-11,19H,4-5,12-15H2,1H3,(H,23,25). The molecule has 1 saturated heterocycles. The molecule has 138 valence electrons. The Hall–Kier alpha value is -2.04. The van der Waals surface area contributed by atoms with Crippen molar-refractivity contribution in [3.05, 3.63) is 64.7 Å². The van der Waals surface area contributed by atoms with Crippen LogP contribution in [-0.4, -0.2) is 37.0 Å². The average molecular weight is 373 g/mol. The second-order valence-electron chi connectivity index (χ2n) is 6.69. The van der Waals surface area contributed by atoms with Gasteiger partial charge in [-0.3, -0.25) is 9.69 Å². The molecule has 0 aromatic heterocycles. The van der Waals surface area contributed by atoms with E-state index in [9.17, 15) is 4.79 Å². The Balaban J connectivity index is 1.57. The van der Waals surface area contributed by atoms with Crippen LogP contribution in [0, 0.1) is 6.92 Å². The van der Waals surface area contributed by atoms with E-state index in [0.717, 1.165) is 13.1 Å². The van der Waals surface area contributed by atoms with Crippen LogP contribution in [-0.2, 0) is 4.79 Å². The van der Waals surface area contributed by atoms with E-state index in [0.29, 0.717) is 17.3 Å². The maximum Gasteiger partial charge on any atom is 0.258 e. The third kappa shape index (κ3) is 4.99. The van der Waals surface area contributed by atoms with E-state index >= 15 is 0 Å². The summed E-state index contributed by atoms with van der Waals surface area (Å²) in [5.74, 6) is 0.389. The number of likely N-dealkylation sites (tertiary alicyclic amines) is 1. The van der Waals surface area contributed by atoms with E-state index in [-0.39, 0.29) is 18.6 Å². The quantitative estimate of drug-likeness (QED) is 0.799. The van der Waals surface area contributed by atoms with E-state index in [4.69, 9.17) is 16.3 Å². The molecule has 1 aliphatic heterocycles. The Bertz CT molecular complexity index is 727. The molecule has 2 aromatic rings. The molecular weight excluding hydrogens is 348 g/mol. The van der Waals surface area contributed by atoms with Crippen molar-refractivity contribution in [2.75, 3.05) is 26.2 Å². The molecule has 0 radical (unpaired) electrons. The van der Waals surface area contributed by atoms with Crippen LogP contribution in [0.3, 0.4) is 0 Å². The second kappa shape index (κ2) is 9.06. The zero-order valence-electron chi connectivity index (χ0n) is 15.1. The van der Waals surface area contributed by atoms with Crippen LogP contribution in [0.2, 0.25) is 5.02 Å². The van der Waals surface area contributed by atoms with Crippen molar-refractivity contribution in [3.8, 4) is 5.75 Å². The molecule has 1 heterocycles. The van der Waals surface area contributed by atoms with Gasteiger partial charge >= 0.3 is 0 Å². The summed E-state index contributed by atoms with van der Waals surface area (Å²) in [6, 6.07) is 15.9. The fourth-order valence-corrected chi connectivity index (χ4v) is 3.46. The van der Waals surface area contributed by atoms with Crippen LogP contribution < -0.4 is 10.1 Å². The Morgan fingerprint density at radius 2 is 1.85 bits per heavy atom. The minimum atomic E-state index is -0.138. The zero-order valence-corrected chi connectivity index (χ0v) is 15.8. The number of amides is 1. The van der Waals surface area contributed by atoms with Crippen molar-refractivity contribution in [2.24, 2.45) is 0 Å². The Morgan fingerprint density at radius 3 is 2.54 bits per heavy atom. The molecule has 0 aliphatic carbocycles. The first-order valence-electron chi connectivity index (χ1n) is 9.08. The third-order valence-electron chi connectivity index (χ3n) is 4.73. The number of nitrogens with one attached hydrogen (secondary N) is 1. The summed E-state index contributed by atoms with van der Waals surface area (Å²) in [5.41, 5.74) is 2.48. The largest absolute Gasteiger partial charge is 0.482 e. The number of carbonyl (C=O) groups excluding carboxylic acids is 1. The molecule has 0 bridgehead atoms. The van der Waals surface area contributed by atoms with Crippen LogP contribution in [0.1, 0.15) is 30.0 Å². The molecule has 26 heavy (non-hydrogen) atoms. The molecule has 1 N–H and O–H groups in total. The monoisotopic (exact) mass is 372 g/mol. The number of carbonyl (C=O) groups is 1. The molecule has 0 spiro atoms. The third-order valence-corrected chi connectivity index (χ3v) is 5.04. The number of rotatable bonds is 7. The van der Waals surface area contributed by atoms with Gasteiger partial charge in [0.1, 0.15) is 5.75 Å². The van der Waals surface area contributed by atoms with Crippen LogP contribution >= 0.6 is 11.6 Å². The molecule has 1 amide bonds. The van der Waals surface area contributed by atoms with Crippen molar-refractivity contribution in [2.45, 2.75) is 25.8 Å². The van der Waals surface area contributed by atoms with Gasteiger partial charge < -0.3 is 10.1 Å². The van der Waals surface area contributed by atoms with Crippen molar-refractivity contribution in [3.63, 3.8) is 0 Å². The number of benzene rings is 2. The van der Waals surface area contributed by atoms with E-state index in [2.05, 4.69) is 41.4 Å². The molecule has 1 atom stereocenters. The number of para-hydroxylation sites is 1. The highest BCUT2D eigenvalue weighted by Crippen LogP contribution is 2.25. The lowest BCUT2D eigenvalue weighted by Crippen LogP contribution is -2.38. The lowest BCUT2D eigenvalue weighted by molar-refractivity contribution is -0.123. The normalized spacial score (nSPS) is 15.6. The molecule has 5 heteroatoms. The van der Waals surface area contributed by atoms with Crippen molar-refractivity contribution >= 4 is 17.5 Å². The molecule has 2 aromatic carbocycles. The predicted octanol–water partition coefficient (Wildman–Crippen LogP) is 3.98. The number of aryl methyl sites for hydroxylation is 1. The molecule has 1 unspecified atom stereocenters. The van der Waals surface area contributed by atoms with Gasteiger partial charge in [-0.2, -0.15) is 0 Å². The van der Waals surface area contributed by atoms with Crippen molar-refractivity contribution in [1.82, 2.24) is 10.2 Å². The van der Waals surface area contributed by atoms with Gasteiger partial charge in [-0.15, -0.1) is 0 Å². The predicted molar refractivity (Wildman–Crippen MR) is 105 cm³/mol. The minimum absolute atomic E-state index is 0.0374. The molecule has 4 nitrogen and oxygen atoms in total. The van der Waals surface area contributed by atoms with Gasteiger partial charge in [-0.1, -0.05) is 53.6 Å². The molecule has 1 aliphatic rings. The van der Waals surface area contributed by atoms with Gasteiger partial charge in [-0.25, -0.2) is 0 Å². The fraction of sp³-hybridized carbons (Fsp3) is 0.381. The zero-order chi connectivity index (χ0) is 18.4. The summed E-state index contributed by atoms with van der Waals surface area (Å²) in [7, 11) is 0. The van der Waals surface area contributed by atoms with Gasteiger partial charge in [0.05, 0.1) is 11.1 Å². The highest BCUT2D eigenvalue weighted by molar-refractivity contribution is 6.32. The van der Waals surface area contributed by atoms with E-state index in [1.54, 1.807) is 12.1 Å². The number of ether oxygens (including phenoxy) is 1. The Morgan fingerprint density at radius 1 is 1.15 bits per heavy atom. The molecular formula is C21H25ClN2O2. The Kier molecular flexibility index (Phi) is 6.53. The summed E-state index contributed by atoms with van der Waals surface area (Å²) >= 11 is 6.05. The number of nitrogens with zero attached hydrogens (tertiary/aromatic N) is 1. The molecule has 0 saturated carbocycles.